The Labute approximate surface area is 205 Å². The molecule has 4 heteroatoms. The molecule has 3 rings (SSSR count). The van der Waals surface area contributed by atoms with Gasteiger partial charge in [-0.1, -0.05) is 93.5 Å². The van der Waals surface area contributed by atoms with Gasteiger partial charge in [0.25, 0.3) is 0 Å². The first-order chi connectivity index (χ1) is 15.4. The van der Waals surface area contributed by atoms with E-state index in [2.05, 4.69) is 75.3 Å². The van der Waals surface area contributed by atoms with Crippen molar-refractivity contribution in [2.75, 3.05) is 0 Å². The maximum absolute atomic E-state index is 13.2. The first-order valence-electron chi connectivity index (χ1n) is 12.1. The summed E-state index contributed by atoms with van der Waals surface area (Å²) in [6.07, 6.45) is 0. The number of ether oxygens (including phenoxy) is 2. The molecule has 1 aliphatic heterocycles. The first kappa shape index (κ1) is 26.0. The third-order valence-electron chi connectivity index (χ3n) is 8.53. The molecular weight excluding hydrogens is 424 g/mol. The maximum atomic E-state index is 13.2. The molecular formula is C30H40O4. The van der Waals surface area contributed by atoms with Gasteiger partial charge in [0, 0.05) is 18.1 Å². The van der Waals surface area contributed by atoms with Crippen LogP contribution in [0.1, 0.15) is 104 Å². The number of fused-ring (bicyclic) bond motifs is 1. The highest BCUT2D eigenvalue weighted by Crippen LogP contribution is 2.49. The van der Waals surface area contributed by atoms with Gasteiger partial charge in [-0.05, 0) is 44.9 Å². The Morgan fingerprint density at radius 3 is 1.71 bits per heavy atom. The lowest BCUT2D eigenvalue weighted by Crippen LogP contribution is -2.34. The Bertz CT molecular complexity index is 1120. The van der Waals surface area contributed by atoms with E-state index in [0.717, 1.165) is 16.7 Å². The smallest absolute Gasteiger partial charge is 0.323 e. The van der Waals surface area contributed by atoms with Crippen LogP contribution >= 0.6 is 0 Å². The average molecular weight is 465 g/mol. The normalized spacial score (nSPS) is 16.8. The topological polar surface area (TPSA) is 52.6 Å². The predicted octanol–water partition coefficient (Wildman–Crippen LogP) is 7.31. The fourth-order valence-electron chi connectivity index (χ4n) is 4.12. The fraction of sp³-hybridized carbons (Fsp3) is 0.533. The van der Waals surface area contributed by atoms with Crippen LogP contribution in [0.25, 0.3) is 0 Å². The lowest BCUT2D eigenvalue weighted by atomic mass is 9.64. The van der Waals surface area contributed by atoms with Crippen LogP contribution < -0.4 is 9.47 Å². The maximum Gasteiger partial charge on any atom is 0.323 e. The quantitative estimate of drug-likeness (QED) is 0.352. The van der Waals surface area contributed by atoms with E-state index in [1.165, 1.54) is 6.92 Å². The molecule has 0 aromatic heterocycles. The van der Waals surface area contributed by atoms with E-state index in [-0.39, 0.29) is 27.6 Å². The molecule has 0 bridgehead atoms. The van der Waals surface area contributed by atoms with Crippen LogP contribution in [0.3, 0.4) is 0 Å². The second kappa shape index (κ2) is 8.25. The summed E-state index contributed by atoms with van der Waals surface area (Å²) in [5.74, 6) is -0.456. The van der Waals surface area contributed by atoms with Gasteiger partial charge in [-0.2, -0.15) is 0 Å². The van der Waals surface area contributed by atoms with Crippen molar-refractivity contribution in [3.8, 4) is 11.5 Å². The van der Waals surface area contributed by atoms with Crippen LogP contribution in [0.2, 0.25) is 0 Å². The highest BCUT2D eigenvalue weighted by molar-refractivity contribution is 5.90. The van der Waals surface area contributed by atoms with E-state index >= 15 is 0 Å². The minimum absolute atomic E-state index is 0.0136. The van der Waals surface area contributed by atoms with Gasteiger partial charge in [0.15, 0.2) is 0 Å². The Morgan fingerprint density at radius 2 is 1.24 bits per heavy atom. The largest absolute Gasteiger partial charge is 0.426 e. The second-order valence-corrected chi connectivity index (χ2v) is 12.7. The van der Waals surface area contributed by atoms with Crippen molar-refractivity contribution in [3.05, 3.63) is 58.7 Å². The third kappa shape index (κ3) is 4.39. The van der Waals surface area contributed by atoms with Crippen LogP contribution in [0.15, 0.2) is 36.4 Å². The standard InChI is InChI=1S/C30H40O4/c1-18(31)33-23-14-12-19(29(8,9)27(2,3)4)16-21(23)25-22-17-20(30(10,11)28(5,6)7)13-15-24(22)34-26(25)32/h12-17,25H,1-11H3. The van der Waals surface area contributed by atoms with Crippen LogP contribution in [-0.4, -0.2) is 11.9 Å². The summed E-state index contributed by atoms with van der Waals surface area (Å²) in [7, 11) is 0. The fourth-order valence-corrected chi connectivity index (χ4v) is 4.12. The van der Waals surface area contributed by atoms with Crippen molar-refractivity contribution in [1.82, 2.24) is 0 Å². The number of carbonyl (C=O) groups excluding carboxylic acids is 2. The van der Waals surface area contributed by atoms with Crippen molar-refractivity contribution in [2.24, 2.45) is 10.8 Å². The lowest BCUT2D eigenvalue weighted by molar-refractivity contribution is -0.134. The lowest BCUT2D eigenvalue weighted by Gasteiger charge is -2.40. The number of carbonyl (C=O) groups is 2. The van der Waals surface area contributed by atoms with Crippen molar-refractivity contribution in [1.29, 1.82) is 0 Å². The Balaban J connectivity index is 2.24. The molecule has 0 aliphatic carbocycles. The van der Waals surface area contributed by atoms with Gasteiger partial charge in [-0.15, -0.1) is 0 Å². The summed E-state index contributed by atoms with van der Waals surface area (Å²) < 4.78 is 11.3. The molecule has 1 heterocycles. The monoisotopic (exact) mass is 464 g/mol. The molecule has 1 aliphatic rings. The molecule has 0 saturated heterocycles. The van der Waals surface area contributed by atoms with E-state index in [4.69, 9.17) is 9.47 Å². The van der Waals surface area contributed by atoms with E-state index in [1.807, 2.05) is 30.3 Å². The van der Waals surface area contributed by atoms with Crippen molar-refractivity contribution >= 4 is 11.9 Å². The summed E-state index contributed by atoms with van der Waals surface area (Å²) in [5, 5.41) is 0. The van der Waals surface area contributed by atoms with Crippen molar-refractivity contribution in [2.45, 2.75) is 92.9 Å². The predicted molar refractivity (Wildman–Crippen MR) is 137 cm³/mol. The zero-order valence-electron chi connectivity index (χ0n) is 22.7. The van der Waals surface area contributed by atoms with E-state index in [1.54, 1.807) is 0 Å². The van der Waals surface area contributed by atoms with Gasteiger partial charge >= 0.3 is 11.9 Å². The van der Waals surface area contributed by atoms with Crippen molar-refractivity contribution in [3.63, 3.8) is 0 Å². The van der Waals surface area contributed by atoms with Crippen LogP contribution in [0, 0.1) is 10.8 Å². The van der Waals surface area contributed by atoms with Crippen LogP contribution in [0.4, 0.5) is 0 Å². The van der Waals surface area contributed by atoms with Crippen molar-refractivity contribution < 1.29 is 19.1 Å². The summed E-state index contributed by atoms with van der Waals surface area (Å²) in [6.45, 7) is 23.5. The molecule has 34 heavy (non-hydrogen) atoms. The minimum Gasteiger partial charge on any atom is -0.426 e. The molecule has 2 aromatic carbocycles. The molecule has 0 fully saturated rings. The summed E-state index contributed by atoms with van der Waals surface area (Å²) in [6, 6.07) is 11.9. The Hall–Kier alpha value is -2.62. The zero-order chi connectivity index (χ0) is 25.9. The molecule has 1 atom stereocenters. The zero-order valence-corrected chi connectivity index (χ0v) is 22.7. The third-order valence-corrected chi connectivity index (χ3v) is 8.53. The highest BCUT2D eigenvalue weighted by Gasteiger charge is 2.41. The number of hydrogen-bond donors (Lipinski definition) is 0. The molecule has 0 amide bonds. The van der Waals surface area contributed by atoms with E-state index in [0.29, 0.717) is 17.1 Å². The van der Waals surface area contributed by atoms with Gasteiger partial charge in [-0.3, -0.25) is 9.59 Å². The van der Waals surface area contributed by atoms with Gasteiger partial charge in [-0.25, -0.2) is 0 Å². The van der Waals surface area contributed by atoms with Gasteiger partial charge in [0.1, 0.15) is 17.4 Å². The van der Waals surface area contributed by atoms with Crippen LogP contribution in [-0.2, 0) is 20.4 Å². The van der Waals surface area contributed by atoms with E-state index in [9.17, 15) is 9.59 Å². The summed E-state index contributed by atoms with van der Waals surface area (Å²) in [4.78, 5) is 25.1. The molecule has 0 N–H and O–H groups in total. The molecule has 4 nitrogen and oxygen atoms in total. The molecule has 0 radical (unpaired) electrons. The average Bonchev–Trinajstić information content (AvgIpc) is 3.00. The molecule has 0 spiro atoms. The molecule has 1 unspecified atom stereocenters. The summed E-state index contributed by atoms with van der Waals surface area (Å²) >= 11 is 0. The first-order valence-corrected chi connectivity index (χ1v) is 12.1. The Morgan fingerprint density at radius 1 is 0.765 bits per heavy atom. The number of rotatable bonds is 4. The number of esters is 2. The second-order valence-electron chi connectivity index (χ2n) is 12.7. The molecule has 2 aromatic rings. The SMILES string of the molecule is CC(=O)Oc1ccc(C(C)(C)C(C)(C)C)cc1C1C(=O)Oc2ccc(C(C)(C)C(C)(C)C)cc21. The van der Waals surface area contributed by atoms with Crippen LogP contribution in [0.5, 0.6) is 11.5 Å². The number of hydrogen-bond acceptors (Lipinski definition) is 4. The van der Waals surface area contributed by atoms with Gasteiger partial charge in [0.2, 0.25) is 0 Å². The molecule has 184 valence electrons. The summed E-state index contributed by atoms with van der Waals surface area (Å²) in [5.41, 5.74) is 3.38. The molecule has 0 saturated carbocycles. The van der Waals surface area contributed by atoms with Gasteiger partial charge < -0.3 is 9.47 Å². The van der Waals surface area contributed by atoms with Gasteiger partial charge in [0.05, 0.1) is 0 Å². The highest BCUT2D eigenvalue weighted by atomic mass is 16.5. The minimum atomic E-state index is -0.657. The Kier molecular flexibility index (Phi) is 6.31. The van der Waals surface area contributed by atoms with E-state index < -0.39 is 11.9 Å². The number of benzene rings is 2.